The first-order valence-electron chi connectivity index (χ1n) is 9.37. The maximum atomic E-state index is 12.2. The van der Waals surface area contributed by atoms with E-state index in [2.05, 4.69) is 16.3 Å². The smallest absolute Gasteiger partial charge is 0.317 e. The summed E-state index contributed by atoms with van der Waals surface area (Å²) in [4.78, 5) is 29.5. The fourth-order valence-electron chi connectivity index (χ4n) is 3.18. The number of hydrogen-bond donors (Lipinski definition) is 1. The van der Waals surface area contributed by atoms with Crippen LogP contribution < -0.4 is 14.8 Å². The molecule has 3 rings (SSSR count). The van der Waals surface area contributed by atoms with Crippen LogP contribution in [0.15, 0.2) is 18.2 Å². The second-order valence-corrected chi connectivity index (χ2v) is 7.07. The van der Waals surface area contributed by atoms with Gasteiger partial charge in [0.25, 0.3) is 0 Å². The number of carbonyl (C=O) groups is 2. The topological polar surface area (TPSA) is 74.4 Å². The van der Waals surface area contributed by atoms with Crippen LogP contribution in [0.25, 0.3) is 0 Å². The lowest BCUT2D eigenvalue weighted by Gasteiger charge is -2.34. The lowest BCUT2D eigenvalue weighted by molar-refractivity contribution is -0.128. The van der Waals surface area contributed by atoms with Gasteiger partial charge in [0, 0.05) is 59.8 Å². The van der Waals surface area contributed by atoms with Crippen LogP contribution in [0, 0.1) is 0 Å². The summed E-state index contributed by atoms with van der Waals surface area (Å²) in [5.74, 6) is 1.69. The molecule has 2 heterocycles. The summed E-state index contributed by atoms with van der Waals surface area (Å²) in [5.41, 5.74) is 1.18. The first-order valence-corrected chi connectivity index (χ1v) is 9.37. The highest BCUT2D eigenvalue weighted by molar-refractivity contribution is 5.76. The summed E-state index contributed by atoms with van der Waals surface area (Å²) in [5, 5.41) is 2.91. The molecule has 0 aliphatic carbocycles. The molecule has 27 heavy (non-hydrogen) atoms. The van der Waals surface area contributed by atoms with Gasteiger partial charge < -0.3 is 24.6 Å². The van der Waals surface area contributed by atoms with E-state index in [9.17, 15) is 9.59 Å². The molecule has 1 aromatic carbocycles. The predicted molar refractivity (Wildman–Crippen MR) is 101 cm³/mol. The second-order valence-electron chi connectivity index (χ2n) is 7.07. The molecule has 3 amide bonds. The van der Waals surface area contributed by atoms with E-state index in [4.69, 9.17) is 9.47 Å². The number of nitrogens with one attached hydrogen (secondary N) is 1. The highest BCUT2D eigenvalue weighted by Crippen LogP contribution is 2.32. The second kappa shape index (κ2) is 8.94. The van der Waals surface area contributed by atoms with Crippen molar-refractivity contribution in [1.29, 1.82) is 0 Å². The fourth-order valence-corrected chi connectivity index (χ4v) is 3.18. The summed E-state index contributed by atoms with van der Waals surface area (Å²) in [6, 6.07) is 5.98. The van der Waals surface area contributed by atoms with Crippen LogP contribution in [0.2, 0.25) is 0 Å². The molecule has 8 heteroatoms. The number of urea groups is 1. The van der Waals surface area contributed by atoms with E-state index in [1.165, 1.54) is 5.56 Å². The van der Waals surface area contributed by atoms with E-state index in [1.807, 2.05) is 17.0 Å². The first kappa shape index (κ1) is 19.3. The average Bonchev–Trinajstić information content (AvgIpc) is 3.13. The van der Waals surface area contributed by atoms with Crippen LogP contribution in [0.3, 0.4) is 0 Å². The van der Waals surface area contributed by atoms with Gasteiger partial charge in [-0.3, -0.25) is 9.69 Å². The van der Waals surface area contributed by atoms with Gasteiger partial charge >= 0.3 is 6.03 Å². The van der Waals surface area contributed by atoms with Crippen molar-refractivity contribution in [2.45, 2.75) is 19.4 Å². The standard InChI is InChI=1S/C19H28N4O4/c1-21(2)18(24)4-3-7-20-19(25)23-10-8-22(9-11-23)13-15-5-6-16-17(12-15)27-14-26-16/h5-6,12H,3-4,7-11,13-14H2,1-2H3,(H,20,25). The minimum atomic E-state index is -0.0463. The maximum absolute atomic E-state index is 12.2. The fraction of sp³-hybridized carbons (Fsp3) is 0.579. The normalized spacial score (nSPS) is 16.3. The lowest BCUT2D eigenvalue weighted by atomic mass is 10.1. The SMILES string of the molecule is CN(C)C(=O)CCCNC(=O)N1CCN(Cc2ccc3c(c2)OCO3)CC1. The molecule has 8 nitrogen and oxygen atoms in total. The Hall–Kier alpha value is -2.48. The van der Waals surface area contributed by atoms with E-state index < -0.39 is 0 Å². The minimum absolute atomic E-state index is 0.0463. The Kier molecular flexibility index (Phi) is 6.39. The summed E-state index contributed by atoms with van der Waals surface area (Å²) in [6.45, 7) is 4.71. The van der Waals surface area contributed by atoms with Crippen LogP contribution in [0.5, 0.6) is 11.5 Å². The van der Waals surface area contributed by atoms with Crippen molar-refractivity contribution in [2.75, 3.05) is 53.6 Å². The van der Waals surface area contributed by atoms with E-state index in [-0.39, 0.29) is 18.7 Å². The monoisotopic (exact) mass is 376 g/mol. The Balaban J connectivity index is 1.36. The molecule has 0 saturated carbocycles. The van der Waals surface area contributed by atoms with Crippen LogP contribution in [0.1, 0.15) is 18.4 Å². The van der Waals surface area contributed by atoms with Gasteiger partial charge in [-0.15, -0.1) is 0 Å². The molecule has 2 aliphatic heterocycles. The summed E-state index contributed by atoms with van der Waals surface area (Å²) < 4.78 is 10.8. The molecule has 1 aromatic rings. The average molecular weight is 376 g/mol. The van der Waals surface area contributed by atoms with Crippen molar-refractivity contribution < 1.29 is 19.1 Å². The van der Waals surface area contributed by atoms with Crippen molar-refractivity contribution in [3.8, 4) is 11.5 Å². The zero-order valence-electron chi connectivity index (χ0n) is 16.1. The number of hydrogen-bond acceptors (Lipinski definition) is 5. The van der Waals surface area contributed by atoms with Crippen molar-refractivity contribution in [1.82, 2.24) is 20.0 Å². The van der Waals surface area contributed by atoms with Crippen LogP contribution in [0.4, 0.5) is 4.79 Å². The quantitative estimate of drug-likeness (QED) is 0.753. The summed E-state index contributed by atoms with van der Waals surface area (Å²) >= 11 is 0. The van der Waals surface area contributed by atoms with Gasteiger partial charge in [0.2, 0.25) is 12.7 Å². The third-order valence-corrected chi connectivity index (χ3v) is 4.85. The van der Waals surface area contributed by atoms with Gasteiger partial charge in [-0.1, -0.05) is 6.07 Å². The van der Waals surface area contributed by atoms with E-state index in [0.717, 1.165) is 31.1 Å². The van der Waals surface area contributed by atoms with Crippen LogP contribution in [-0.4, -0.2) is 80.3 Å². The van der Waals surface area contributed by atoms with Crippen LogP contribution >= 0.6 is 0 Å². The van der Waals surface area contributed by atoms with E-state index in [0.29, 0.717) is 32.5 Å². The molecule has 148 valence electrons. The van der Waals surface area contributed by atoms with E-state index >= 15 is 0 Å². The molecular formula is C19H28N4O4. The maximum Gasteiger partial charge on any atom is 0.317 e. The third-order valence-electron chi connectivity index (χ3n) is 4.85. The molecule has 0 aromatic heterocycles. The molecule has 0 unspecified atom stereocenters. The van der Waals surface area contributed by atoms with Gasteiger partial charge in [-0.05, 0) is 24.1 Å². The number of rotatable bonds is 6. The molecule has 0 atom stereocenters. The lowest BCUT2D eigenvalue weighted by Crippen LogP contribution is -2.51. The van der Waals surface area contributed by atoms with Gasteiger partial charge in [-0.2, -0.15) is 0 Å². The van der Waals surface area contributed by atoms with Gasteiger partial charge in [0.05, 0.1) is 0 Å². The number of fused-ring (bicyclic) bond motifs is 1. The third kappa shape index (κ3) is 5.26. The Labute approximate surface area is 160 Å². The summed E-state index contributed by atoms with van der Waals surface area (Å²) in [7, 11) is 3.48. The highest BCUT2D eigenvalue weighted by atomic mass is 16.7. The molecule has 0 radical (unpaired) electrons. The van der Waals surface area contributed by atoms with Gasteiger partial charge in [-0.25, -0.2) is 4.79 Å². The predicted octanol–water partition coefficient (Wildman–Crippen LogP) is 1.11. The zero-order valence-corrected chi connectivity index (χ0v) is 16.1. The largest absolute Gasteiger partial charge is 0.454 e. The Morgan fingerprint density at radius 2 is 1.85 bits per heavy atom. The number of amides is 3. The van der Waals surface area contributed by atoms with Crippen molar-refractivity contribution in [2.24, 2.45) is 0 Å². The molecule has 1 N–H and O–H groups in total. The Bertz CT molecular complexity index is 672. The number of ether oxygens (including phenoxy) is 2. The summed E-state index contributed by atoms with van der Waals surface area (Å²) in [6.07, 6.45) is 1.11. The van der Waals surface area contributed by atoms with Crippen molar-refractivity contribution in [3.63, 3.8) is 0 Å². The Morgan fingerprint density at radius 3 is 2.59 bits per heavy atom. The van der Waals surface area contributed by atoms with Crippen molar-refractivity contribution in [3.05, 3.63) is 23.8 Å². The highest BCUT2D eigenvalue weighted by Gasteiger charge is 2.21. The molecule has 2 aliphatic rings. The number of nitrogens with zero attached hydrogens (tertiary/aromatic N) is 3. The van der Waals surface area contributed by atoms with Crippen LogP contribution in [-0.2, 0) is 11.3 Å². The molecule has 0 spiro atoms. The molecule has 1 fully saturated rings. The minimum Gasteiger partial charge on any atom is -0.454 e. The Morgan fingerprint density at radius 1 is 1.11 bits per heavy atom. The van der Waals surface area contributed by atoms with E-state index in [1.54, 1.807) is 19.0 Å². The number of piperazine rings is 1. The molecule has 0 bridgehead atoms. The molecule has 1 saturated heterocycles. The van der Waals surface area contributed by atoms with Gasteiger partial charge in [0.1, 0.15) is 0 Å². The zero-order chi connectivity index (χ0) is 19.2. The first-order chi connectivity index (χ1) is 13.0. The number of benzene rings is 1. The number of carbonyl (C=O) groups excluding carboxylic acids is 2. The van der Waals surface area contributed by atoms with Crippen molar-refractivity contribution >= 4 is 11.9 Å². The molecular weight excluding hydrogens is 348 g/mol. The van der Waals surface area contributed by atoms with Gasteiger partial charge in [0.15, 0.2) is 11.5 Å².